The quantitative estimate of drug-likeness (QED) is 0.774. The van der Waals surface area contributed by atoms with Gasteiger partial charge in [-0.25, -0.2) is 0 Å². The molecule has 0 saturated carbocycles. The van der Waals surface area contributed by atoms with Crippen LogP contribution in [0.5, 0.6) is 5.75 Å². The van der Waals surface area contributed by atoms with Gasteiger partial charge in [-0.15, -0.1) is 0 Å². The van der Waals surface area contributed by atoms with Gasteiger partial charge in [0, 0.05) is 17.1 Å². The van der Waals surface area contributed by atoms with Gasteiger partial charge in [0.25, 0.3) is 0 Å². The second-order valence-corrected chi connectivity index (χ2v) is 6.60. The second kappa shape index (κ2) is 8.01. The molecule has 1 aliphatic heterocycles. The molecule has 1 aliphatic rings. The molecule has 0 amide bonds. The molecule has 1 unspecified atom stereocenters. The molecule has 0 aromatic heterocycles. The minimum atomic E-state index is 0.149. The van der Waals surface area contributed by atoms with E-state index < -0.39 is 0 Å². The van der Waals surface area contributed by atoms with Crippen molar-refractivity contribution in [2.75, 3.05) is 26.2 Å². The third-order valence-electron chi connectivity index (χ3n) is 3.64. The van der Waals surface area contributed by atoms with E-state index in [0.717, 1.165) is 36.2 Å². The van der Waals surface area contributed by atoms with Crippen LogP contribution in [-0.4, -0.2) is 37.2 Å². The first-order chi connectivity index (χ1) is 9.65. The van der Waals surface area contributed by atoms with E-state index >= 15 is 0 Å². The summed E-state index contributed by atoms with van der Waals surface area (Å²) >= 11 is 3.51. The van der Waals surface area contributed by atoms with Gasteiger partial charge in [-0.3, -0.25) is 0 Å². The van der Waals surface area contributed by atoms with Crippen molar-refractivity contribution in [1.82, 2.24) is 4.90 Å². The van der Waals surface area contributed by atoms with Gasteiger partial charge in [-0.05, 0) is 69.5 Å². The second-order valence-electron chi connectivity index (χ2n) is 5.68. The first-order valence-corrected chi connectivity index (χ1v) is 8.33. The third-order valence-corrected chi connectivity index (χ3v) is 4.13. The monoisotopic (exact) mass is 340 g/mol. The third kappa shape index (κ3) is 5.08. The molecule has 0 aliphatic carbocycles. The van der Waals surface area contributed by atoms with Gasteiger partial charge in [0.2, 0.25) is 0 Å². The zero-order chi connectivity index (χ0) is 14.4. The Morgan fingerprint density at radius 2 is 2.10 bits per heavy atom. The van der Waals surface area contributed by atoms with Gasteiger partial charge in [0.05, 0.1) is 6.61 Å². The summed E-state index contributed by atoms with van der Waals surface area (Å²) in [5.41, 5.74) is 7.09. The van der Waals surface area contributed by atoms with E-state index in [4.69, 9.17) is 10.5 Å². The standard InChI is InChI=1S/C16H25BrN2O/c1-13(18)11-14-12-15(17)5-6-16(14)20-10-4-9-19-7-2-3-8-19/h5-6,12-13H,2-4,7-11,18H2,1H3. The van der Waals surface area contributed by atoms with Crippen LogP contribution >= 0.6 is 15.9 Å². The maximum absolute atomic E-state index is 5.95. The van der Waals surface area contributed by atoms with Crippen LogP contribution < -0.4 is 10.5 Å². The minimum Gasteiger partial charge on any atom is -0.493 e. The van der Waals surface area contributed by atoms with Gasteiger partial charge in [-0.1, -0.05) is 15.9 Å². The van der Waals surface area contributed by atoms with E-state index in [-0.39, 0.29) is 6.04 Å². The molecule has 4 heteroatoms. The SMILES string of the molecule is CC(N)Cc1cc(Br)ccc1OCCCN1CCCC1. The smallest absolute Gasteiger partial charge is 0.122 e. The van der Waals surface area contributed by atoms with E-state index in [1.807, 2.05) is 19.1 Å². The van der Waals surface area contributed by atoms with Crippen molar-refractivity contribution in [2.24, 2.45) is 5.73 Å². The molecule has 1 saturated heterocycles. The number of nitrogens with two attached hydrogens (primary N) is 1. The lowest BCUT2D eigenvalue weighted by atomic mass is 10.1. The maximum Gasteiger partial charge on any atom is 0.122 e. The zero-order valence-electron chi connectivity index (χ0n) is 12.3. The van der Waals surface area contributed by atoms with Gasteiger partial charge < -0.3 is 15.4 Å². The molecule has 1 fully saturated rings. The number of hydrogen-bond acceptors (Lipinski definition) is 3. The Bertz CT molecular complexity index is 417. The number of rotatable bonds is 7. The van der Waals surface area contributed by atoms with Crippen molar-refractivity contribution in [3.05, 3.63) is 28.2 Å². The van der Waals surface area contributed by atoms with Crippen molar-refractivity contribution in [2.45, 2.75) is 38.6 Å². The maximum atomic E-state index is 5.95. The van der Waals surface area contributed by atoms with Crippen LogP contribution in [0.3, 0.4) is 0 Å². The fourth-order valence-electron chi connectivity index (χ4n) is 2.67. The predicted octanol–water partition coefficient (Wildman–Crippen LogP) is 3.20. The highest BCUT2D eigenvalue weighted by atomic mass is 79.9. The highest BCUT2D eigenvalue weighted by Gasteiger charge is 2.11. The molecule has 2 rings (SSSR count). The van der Waals surface area contributed by atoms with Gasteiger partial charge in [0.1, 0.15) is 5.75 Å². The number of hydrogen-bond donors (Lipinski definition) is 1. The van der Waals surface area contributed by atoms with E-state index in [1.165, 1.54) is 31.5 Å². The van der Waals surface area contributed by atoms with Crippen molar-refractivity contribution in [1.29, 1.82) is 0 Å². The molecule has 0 bridgehead atoms. The molecule has 0 radical (unpaired) electrons. The summed E-state index contributed by atoms with van der Waals surface area (Å²) in [5, 5.41) is 0. The molecule has 20 heavy (non-hydrogen) atoms. The van der Waals surface area contributed by atoms with Crippen LogP contribution in [0.15, 0.2) is 22.7 Å². The highest BCUT2D eigenvalue weighted by molar-refractivity contribution is 9.10. The summed E-state index contributed by atoms with van der Waals surface area (Å²) in [6, 6.07) is 6.33. The summed E-state index contributed by atoms with van der Waals surface area (Å²) in [6.07, 6.45) is 4.65. The molecular formula is C16H25BrN2O. The summed E-state index contributed by atoms with van der Waals surface area (Å²) in [4.78, 5) is 2.52. The van der Waals surface area contributed by atoms with Gasteiger partial charge in [-0.2, -0.15) is 0 Å². The Labute approximate surface area is 130 Å². The van der Waals surface area contributed by atoms with Crippen LogP contribution in [0.1, 0.15) is 31.7 Å². The average molecular weight is 341 g/mol. The van der Waals surface area contributed by atoms with E-state index in [0.29, 0.717) is 0 Å². The number of benzene rings is 1. The molecule has 1 aromatic rings. The number of likely N-dealkylation sites (tertiary alicyclic amines) is 1. The Morgan fingerprint density at radius 1 is 1.35 bits per heavy atom. The average Bonchev–Trinajstić information content (AvgIpc) is 2.89. The lowest BCUT2D eigenvalue weighted by molar-refractivity contribution is 0.261. The van der Waals surface area contributed by atoms with Crippen LogP contribution in [0.4, 0.5) is 0 Å². The number of nitrogens with zero attached hydrogens (tertiary/aromatic N) is 1. The summed E-state index contributed by atoms with van der Waals surface area (Å²) in [6.45, 7) is 6.48. The molecule has 1 aromatic carbocycles. The van der Waals surface area contributed by atoms with Crippen LogP contribution in [0.25, 0.3) is 0 Å². The van der Waals surface area contributed by atoms with Gasteiger partial charge in [0.15, 0.2) is 0 Å². The summed E-state index contributed by atoms with van der Waals surface area (Å²) < 4.78 is 7.03. The molecule has 0 spiro atoms. The van der Waals surface area contributed by atoms with E-state index in [1.54, 1.807) is 0 Å². The Hall–Kier alpha value is -0.580. The minimum absolute atomic E-state index is 0.149. The summed E-state index contributed by atoms with van der Waals surface area (Å²) in [7, 11) is 0. The van der Waals surface area contributed by atoms with Crippen molar-refractivity contribution < 1.29 is 4.74 Å². The largest absolute Gasteiger partial charge is 0.493 e. The first kappa shape index (κ1) is 15.8. The van der Waals surface area contributed by atoms with Crippen LogP contribution in [-0.2, 0) is 6.42 Å². The summed E-state index contributed by atoms with van der Waals surface area (Å²) in [5.74, 6) is 0.979. The van der Waals surface area contributed by atoms with Crippen LogP contribution in [0, 0.1) is 0 Å². The number of ether oxygens (including phenoxy) is 1. The Kier molecular flexibility index (Phi) is 6.33. The predicted molar refractivity (Wildman–Crippen MR) is 87.3 cm³/mol. The molecule has 1 atom stereocenters. The molecule has 112 valence electrons. The van der Waals surface area contributed by atoms with E-state index in [9.17, 15) is 0 Å². The highest BCUT2D eigenvalue weighted by Crippen LogP contribution is 2.24. The zero-order valence-corrected chi connectivity index (χ0v) is 13.9. The molecule has 1 heterocycles. The van der Waals surface area contributed by atoms with Crippen LogP contribution in [0.2, 0.25) is 0 Å². The molecule has 2 N–H and O–H groups in total. The normalized spacial score (nSPS) is 17.4. The fourth-order valence-corrected chi connectivity index (χ4v) is 3.08. The molecular weight excluding hydrogens is 316 g/mol. The fraction of sp³-hybridized carbons (Fsp3) is 0.625. The Morgan fingerprint density at radius 3 is 2.80 bits per heavy atom. The Balaban J connectivity index is 1.81. The first-order valence-electron chi connectivity index (χ1n) is 7.54. The lowest BCUT2D eigenvalue weighted by Crippen LogP contribution is -2.22. The molecule has 3 nitrogen and oxygen atoms in total. The topological polar surface area (TPSA) is 38.5 Å². The lowest BCUT2D eigenvalue weighted by Gasteiger charge is -2.16. The number of halogens is 1. The van der Waals surface area contributed by atoms with E-state index in [2.05, 4.69) is 26.9 Å². The van der Waals surface area contributed by atoms with Crippen molar-refractivity contribution in [3.8, 4) is 5.75 Å². The van der Waals surface area contributed by atoms with Crippen molar-refractivity contribution in [3.63, 3.8) is 0 Å². The van der Waals surface area contributed by atoms with Gasteiger partial charge >= 0.3 is 0 Å². The van der Waals surface area contributed by atoms with Crippen molar-refractivity contribution >= 4 is 15.9 Å².